The third-order valence-corrected chi connectivity index (χ3v) is 4.13. The molecule has 4 rings (SSSR count). The molecule has 0 aliphatic carbocycles. The molecule has 8 heteroatoms. The Morgan fingerprint density at radius 1 is 1.22 bits per heavy atom. The van der Waals surface area contributed by atoms with E-state index in [0.29, 0.717) is 12.3 Å². The topological polar surface area (TPSA) is 98.5 Å². The zero-order chi connectivity index (χ0) is 15.8. The second-order valence-electron chi connectivity index (χ2n) is 5.61. The SMILES string of the molecule is O=C(N[C@@H]1CO[C@H]2[C@@H]1OC[C@H]2O)c1cnnn1-c1ccccc1. The zero-order valence-electron chi connectivity index (χ0n) is 12.2. The summed E-state index contributed by atoms with van der Waals surface area (Å²) in [6, 6.07) is 9.00. The summed E-state index contributed by atoms with van der Waals surface area (Å²) in [4.78, 5) is 12.5. The first-order valence-electron chi connectivity index (χ1n) is 7.42. The van der Waals surface area contributed by atoms with Gasteiger partial charge in [0.25, 0.3) is 5.91 Å². The van der Waals surface area contributed by atoms with Gasteiger partial charge in [0, 0.05) is 0 Å². The van der Waals surface area contributed by atoms with Gasteiger partial charge in [0.2, 0.25) is 0 Å². The fraction of sp³-hybridized carbons (Fsp3) is 0.400. The van der Waals surface area contributed by atoms with E-state index in [1.54, 1.807) is 0 Å². The summed E-state index contributed by atoms with van der Waals surface area (Å²) in [6.45, 7) is 0.538. The number of nitrogens with zero attached hydrogens (tertiary/aromatic N) is 3. The Hall–Kier alpha value is -2.29. The fourth-order valence-electron chi connectivity index (χ4n) is 2.99. The van der Waals surface area contributed by atoms with Gasteiger partial charge in [-0.2, -0.15) is 0 Å². The monoisotopic (exact) mass is 316 g/mol. The summed E-state index contributed by atoms with van der Waals surface area (Å²) in [5.74, 6) is -0.307. The number of carbonyl (C=O) groups is 1. The summed E-state index contributed by atoms with van der Waals surface area (Å²) in [5, 5.41) is 20.4. The summed E-state index contributed by atoms with van der Waals surface area (Å²) in [6.07, 6.45) is 0.0749. The molecule has 2 aliphatic heterocycles. The highest BCUT2D eigenvalue weighted by Gasteiger charge is 2.47. The van der Waals surface area contributed by atoms with Crippen molar-refractivity contribution < 1.29 is 19.4 Å². The third kappa shape index (κ3) is 2.50. The Labute approximate surface area is 132 Å². The van der Waals surface area contributed by atoms with Gasteiger partial charge < -0.3 is 19.9 Å². The molecule has 2 N–H and O–H groups in total. The largest absolute Gasteiger partial charge is 0.388 e. The van der Waals surface area contributed by atoms with Gasteiger partial charge in [0.1, 0.15) is 18.3 Å². The molecule has 120 valence electrons. The van der Waals surface area contributed by atoms with Crippen LogP contribution >= 0.6 is 0 Å². The number of aliphatic hydroxyl groups is 1. The number of nitrogens with one attached hydrogen (secondary N) is 1. The van der Waals surface area contributed by atoms with Crippen LogP contribution in [-0.4, -0.2) is 63.6 Å². The Kier molecular flexibility index (Phi) is 3.56. The quantitative estimate of drug-likeness (QED) is 0.794. The van der Waals surface area contributed by atoms with E-state index in [1.165, 1.54) is 10.9 Å². The van der Waals surface area contributed by atoms with E-state index in [1.807, 2.05) is 30.3 Å². The second kappa shape index (κ2) is 5.73. The van der Waals surface area contributed by atoms with Crippen LogP contribution in [0.3, 0.4) is 0 Å². The van der Waals surface area contributed by atoms with Crippen molar-refractivity contribution in [1.29, 1.82) is 0 Å². The fourth-order valence-corrected chi connectivity index (χ4v) is 2.99. The molecular weight excluding hydrogens is 300 g/mol. The van der Waals surface area contributed by atoms with E-state index in [0.717, 1.165) is 5.69 Å². The number of carbonyl (C=O) groups excluding carboxylic acids is 1. The predicted octanol–water partition coefficient (Wildman–Crippen LogP) is -0.476. The molecule has 23 heavy (non-hydrogen) atoms. The molecule has 3 heterocycles. The van der Waals surface area contributed by atoms with E-state index in [4.69, 9.17) is 9.47 Å². The van der Waals surface area contributed by atoms with E-state index < -0.39 is 6.10 Å². The lowest BCUT2D eigenvalue weighted by molar-refractivity contribution is 0.0178. The lowest BCUT2D eigenvalue weighted by Crippen LogP contribution is -2.44. The second-order valence-corrected chi connectivity index (χ2v) is 5.61. The van der Waals surface area contributed by atoms with Crippen molar-refractivity contribution in [2.45, 2.75) is 24.4 Å². The number of rotatable bonds is 3. The van der Waals surface area contributed by atoms with Crippen molar-refractivity contribution in [3.63, 3.8) is 0 Å². The van der Waals surface area contributed by atoms with Crippen LogP contribution in [0.15, 0.2) is 36.5 Å². The summed E-state index contributed by atoms with van der Waals surface area (Å²) in [7, 11) is 0. The van der Waals surface area contributed by atoms with Crippen LogP contribution < -0.4 is 5.32 Å². The third-order valence-electron chi connectivity index (χ3n) is 4.13. The van der Waals surface area contributed by atoms with Crippen LogP contribution in [0.2, 0.25) is 0 Å². The van der Waals surface area contributed by atoms with Crippen molar-refractivity contribution in [1.82, 2.24) is 20.3 Å². The Morgan fingerprint density at radius 2 is 2.00 bits per heavy atom. The number of benzene rings is 1. The number of ether oxygens (including phenoxy) is 2. The molecule has 1 aromatic heterocycles. The van der Waals surface area contributed by atoms with Crippen LogP contribution in [0.5, 0.6) is 0 Å². The minimum atomic E-state index is -0.640. The summed E-state index contributed by atoms with van der Waals surface area (Å²) >= 11 is 0. The van der Waals surface area contributed by atoms with E-state index in [9.17, 15) is 9.90 Å². The molecule has 4 atom stereocenters. The van der Waals surface area contributed by atoms with Crippen LogP contribution in [0.4, 0.5) is 0 Å². The summed E-state index contributed by atoms with van der Waals surface area (Å²) < 4.78 is 12.5. The average Bonchev–Trinajstić information content (AvgIpc) is 3.27. The zero-order valence-corrected chi connectivity index (χ0v) is 12.2. The van der Waals surface area contributed by atoms with Crippen LogP contribution in [0.1, 0.15) is 10.5 Å². The maximum atomic E-state index is 12.5. The molecule has 1 aromatic carbocycles. The number of aliphatic hydroxyl groups excluding tert-OH is 1. The molecular formula is C15H16N4O4. The lowest BCUT2D eigenvalue weighted by Gasteiger charge is -2.17. The number of hydrogen-bond donors (Lipinski definition) is 2. The molecule has 0 spiro atoms. The van der Waals surface area contributed by atoms with Crippen molar-refractivity contribution >= 4 is 5.91 Å². The molecule has 2 aliphatic rings. The van der Waals surface area contributed by atoms with Crippen molar-refractivity contribution in [2.24, 2.45) is 0 Å². The van der Waals surface area contributed by atoms with Crippen LogP contribution in [0.25, 0.3) is 5.69 Å². The summed E-state index contributed by atoms with van der Waals surface area (Å²) in [5.41, 5.74) is 1.08. The molecule has 2 fully saturated rings. The minimum Gasteiger partial charge on any atom is -0.388 e. The minimum absolute atomic E-state index is 0.227. The van der Waals surface area contributed by atoms with Crippen molar-refractivity contribution in [2.75, 3.05) is 13.2 Å². The van der Waals surface area contributed by atoms with Crippen LogP contribution in [0, 0.1) is 0 Å². The standard InChI is InChI=1S/C15H16N4O4/c20-12-8-23-13-10(7-22-14(12)13)17-15(21)11-6-16-18-19(11)9-4-2-1-3-5-9/h1-6,10,12-14,20H,7-8H2,(H,17,21)/t10-,12-,13-,14-/m1/s1. The van der Waals surface area contributed by atoms with Gasteiger partial charge >= 0.3 is 0 Å². The van der Waals surface area contributed by atoms with Gasteiger partial charge in [0.05, 0.1) is 31.1 Å². The highest BCUT2D eigenvalue weighted by atomic mass is 16.6. The molecule has 8 nitrogen and oxygen atoms in total. The van der Waals surface area contributed by atoms with Crippen molar-refractivity contribution in [3.05, 3.63) is 42.2 Å². The van der Waals surface area contributed by atoms with Gasteiger partial charge in [-0.15, -0.1) is 5.10 Å². The molecule has 1 amide bonds. The number of aromatic nitrogens is 3. The van der Waals surface area contributed by atoms with E-state index in [-0.39, 0.29) is 30.8 Å². The van der Waals surface area contributed by atoms with E-state index in [2.05, 4.69) is 15.6 Å². The molecule has 2 saturated heterocycles. The smallest absolute Gasteiger partial charge is 0.272 e. The van der Waals surface area contributed by atoms with Gasteiger partial charge in [0.15, 0.2) is 5.69 Å². The first-order valence-corrected chi connectivity index (χ1v) is 7.42. The number of amides is 1. The highest BCUT2D eigenvalue weighted by molar-refractivity contribution is 5.93. The number of para-hydroxylation sites is 1. The molecule has 0 radical (unpaired) electrons. The predicted molar refractivity (Wildman–Crippen MR) is 78.1 cm³/mol. The number of fused-ring (bicyclic) bond motifs is 1. The number of hydrogen-bond acceptors (Lipinski definition) is 6. The van der Waals surface area contributed by atoms with Gasteiger partial charge in [-0.25, -0.2) is 4.68 Å². The maximum Gasteiger partial charge on any atom is 0.272 e. The van der Waals surface area contributed by atoms with Crippen molar-refractivity contribution in [3.8, 4) is 5.69 Å². The molecule has 0 unspecified atom stereocenters. The molecule has 2 aromatic rings. The lowest BCUT2D eigenvalue weighted by atomic mass is 10.1. The van der Waals surface area contributed by atoms with Gasteiger partial charge in [-0.05, 0) is 12.1 Å². The Morgan fingerprint density at radius 3 is 2.83 bits per heavy atom. The molecule has 0 saturated carbocycles. The normalized spacial score (nSPS) is 29.4. The van der Waals surface area contributed by atoms with Crippen LogP contribution in [-0.2, 0) is 9.47 Å². The maximum absolute atomic E-state index is 12.5. The highest BCUT2D eigenvalue weighted by Crippen LogP contribution is 2.27. The first kappa shape index (κ1) is 14.3. The van der Waals surface area contributed by atoms with E-state index >= 15 is 0 Å². The Balaban J connectivity index is 1.52. The Bertz CT molecular complexity index is 705. The van der Waals surface area contributed by atoms with Gasteiger partial charge in [-0.3, -0.25) is 4.79 Å². The first-order chi connectivity index (χ1) is 11.2. The molecule has 0 bridgehead atoms. The average molecular weight is 316 g/mol. The van der Waals surface area contributed by atoms with Gasteiger partial charge in [-0.1, -0.05) is 23.4 Å².